The monoisotopic (exact) mass is 366 g/mol. The van der Waals surface area contributed by atoms with Crippen molar-refractivity contribution in [2.75, 3.05) is 24.6 Å². The summed E-state index contributed by atoms with van der Waals surface area (Å²) in [7, 11) is 0. The van der Waals surface area contributed by atoms with E-state index in [1.807, 2.05) is 13.0 Å². The van der Waals surface area contributed by atoms with Crippen molar-refractivity contribution in [3.05, 3.63) is 47.1 Å². The zero-order valence-corrected chi connectivity index (χ0v) is 15.6. The smallest absolute Gasteiger partial charge is 0.141 e. The number of ether oxygens (including phenoxy) is 1. The quantitative estimate of drug-likeness (QED) is 0.766. The molecule has 0 saturated carbocycles. The molecule has 2 aliphatic heterocycles. The van der Waals surface area contributed by atoms with E-state index in [2.05, 4.69) is 44.8 Å². The molecule has 1 aromatic carbocycles. The number of hydrogen-bond acceptors (Lipinski definition) is 6. The SMILES string of the molecule is Cc1nc(N2CCC(NC3COc4ccccc43)CC2)c2ccsc2n1. The highest BCUT2D eigenvalue weighted by Gasteiger charge is 2.28. The predicted octanol–water partition coefficient (Wildman–Crippen LogP) is 3.69. The van der Waals surface area contributed by atoms with Crippen LogP contribution in [-0.4, -0.2) is 35.7 Å². The number of aryl methyl sites for hydroxylation is 1. The van der Waals surface area contributed by atoms with Gasteiger partial charge < -0.3 is 15.0 Å². The summed E-state index contributed by atoms with van der Waals surface area (Å²) in [4.78, 5) is 12.8. The lowest BCUT2D eigenvalue weighted by molar-refractivity contribution is 0.284. The largest absolute Gasteiger partial charge is 0.491 e. The van der Waals surface area contributed by atoms with E-state index in [1.165, 1.54) is 10.9 Å². The molecule has 0 spiro atoms. The Bertz CT molecular complexity index is 932. The maximum absolute atomic E-state index is 5.81. The number of anilines is 1. The standard InChI is InChI=1S/C20H22N4OS/c1-13-21-19(16-8-11-26-20(16)22-13)24-9-6-14(7-10-24)23-17-12-25-18-5-3-2-4-15(17)18/h2-5,8,11,14,17,23H,6-7,9-10,12H2,1H3. The highest BCUT2D eigenvalue weighted by atomic mass is 32.1. The van der Waals surface area contributed by atoms with Crippen LogP contribution in [-0.2, 0) is 0 Å². The van der Waals surface area contributed by atoms with Gasteiger partial charge in [-0.1, -0.05) is 18.2 Å². The van der Waals surface area contributed by atoms with E-state index >= 15 is 0 Å². The fourth-order valence-corrected chi connectivity index (χ4v) is 4.83. The lowest BCUT2D eigenvalue weighted by Crippen LogP contribution is -2.44. The summed E-state index contributed by atoms with van der Waals surface area (Å²) in [6, 6.07) is 11.3. The van der Waals surface area contributed by atoms with Crippen LogP contribution < -0.4 is 15.0 Å². The zero-order chi connectivity index (χ0) is 17.5. The Morgan fingerprint density at radius 2 is 2.00 bits per heavy atom. The van der Waals surface area contributed by atoms with Gasteiger partial charge in [-0.3, -0.25) is 0 Å². The molecule has 134 valence electrons. The maximum Gasteiger partial charge on any atom is 0.141 e. The van der Waals surface area contributed by atoms with E-state index in [0.717, 1.165) is 54.8 Å². The maximum atomic E-state index is 5.81. The normalized spacial score (nSPS) is 20.3. The Balaban J connectivity index is 1.27. The Morgan fingerprint density at radius 1 is 1.15 bits per heavy atom. The molecule has 0 radical (unpaired) electrons. The highest BCUT2D eigenvalue weighted by Crippen LogP contribution is 2.33. The van der Waals surface area contributed by atoms with E-state index in [9.17, 15) is 0 Å². The molecule has 26 heavy (non-hydrogen) atoms. The van der Waals surface area contributed by atoms with Gasteiger partial charge in [-0.2, -0.15) is 0 Å². The summed E-state index contributed by atoms with van der Waals surface area (Å²) in [6.45, 7) is 4.76. The van der Waals surface area contributed by atoms with E-state index in [0.29, 0.717) is 12.1 Å². The molecule has 1 saturated heterocycles. The predicted molar refractivity (Wildman–Crippen MR) is 105 cm³/mol. The first-order chi connectivity index (χ1) is 12.8. The van der Waals surface area contributed by atoms with Gasteiger partial charge in [0.2, 0.25) is 0 Å². The molecule has 5 nitrogen and oxygen atoms in total. The highest BCUT2D eigenvalue weighted by molar-refractivity contribution is 7.16. The van der Waals surface area contributed by atoms with Gasteiger partial charge in [-0.05, 0) is 37.3 Å². The fourth-order valence-electron chi connectivity index (χ4n) is 4.03. The van der Waals surface area contributed by atoms with Crippen molar-refractivity contribution in [3.63, 3.8) is 0 Å². The number of benzene rings is 1. The number of aromatic nitrogens is 2. The van der Waals surface area contributed by atoms with E-state index < -0.39 is 0 Å². The van der Waals surface area contributed by atoms with Crippen LogP contribution in [0, 0.1) is 6.92 Å². The average molecular weight is 366 g/mol. The van der Waals surface area contributed by atoms with Gasteiger partial charge in [0.25, 0.3) is 0 Å². The summed E-state index contributed by atoms with van der Waals surface area (Å²) in [5, 5.41) is 7.10. The summed E-state index contributed by atoms with van der Waals surface area (Å²) in [5.74, 6) is 2.98. The third-order valence-electron chi connectivity index (χ3n) is 5.35. The third-order valence-corrected chi connectivity index (χ3v) is 6.15. The molecular weight excluding hydrogens is 344 g/mol. The van der Waals surface area contributed by atoms with Crippen molar-refractivity contribution in [1.82, 2.24) is 15.3 Å². The Labute approximate surface area is 157 Å². The molecule has 1 atom stereocenters. The van der Waals surface area contributed by atoms with Crippen LogP contribution in [0.15, 0.2) is 35.7 Å². The van der Waals surface area contributed by atoms with Gasteiger partial charge in [0.05, 0.1) is 11.4 Å². The van der Waals surface area contributed by atoms with Gasteiger partial charge in [-0.15, -0.1) is 11.3 Å². The van der Waals surface area contributed by atoms with Crippen molar-refractivity contribution in [1.29, 1.82) is 0 Å². The summed E-state index contributed by atoms with van der Waals surface area (Å²) >= 11 is 1.69. The second-order valence-corrected chi connectivity index (χ2v) is 7.96. The number of nitrogens with one attached hydrogen (secondary N) is 1. The average Bonchev–Trinajstić information content (AvgIpc) is 3.29. The molecular formula is C20H22N4OS. The Hall–Kier alpha value is -2.18. The number of nitrogens with zero attached hydrogens (tertiary/aromatic N) is 3. The molecule has 2 aromatic heterocycles. The lowest BCUT2D eigenvalue weighted by Gasteiger charge is -2.34. The molecule has 4 heterocycles. The number of para-hydroxylation sites is 1. The number of rotatable bonds is 3. The van der Waals surface area contributed by atoms with Crippen LogP contribution in [0.3, 0.4) is 0 Å². The third kappa shape index (κ3) is 2.83. The van der Waals surface area contributed by atoms with Crippen molar-refractivity contribution in [3.8, 4) is 5.75 Å². The van der Waals surface area contributed by atoms with Gasteiger partial charge in [-0.25, -0.2) is 9.97 Å². The number of hydrogen-bond donors (Lipinski definition) is 1. The molecule has 2 aliphatic rings. The summed E-state index contributed by atoms with van der Waals surface area (Å²) in [5.41, 5.74) is 1.29. The van der Waals surface area contributed by atoms with Crippen LogP contribution in [0.25, 0.3) is 10.2 Å². The minimum absolute atomic E-state index is 0.313. The van der Waals surface area contributed by atoms with Gasteiger partial charge in [0, 0.05) is 24.7 Å². The summed E-state index contributed by atoms with van der Waals surface area (Å²) < 4.78 is 5.81. The molecule has 0 amide bonds. The van der Waals surface area contributed by atoms with Crippen molar-refractivity contribution in [2.45, 2.75) is 31.8 Å². The molecule has 3 aromatic rings. The summed E-state index contributed by atoms with van der Waals surface area (Å²) in [6.07, 6.45) is 2.24. The second-order valence-electron chi connectivity index (χ2n) is 7.06. The van der Waals surface area contributed by atoms with Gasteiger partial charge >= 0.3 is 0 Å². The molecule has 1 N–H and O–H groups in total. The molecule has 6 heteroatoms. The van der Waals surface area contributed by atoms with Gasteiger partial charge in [0.1, 0.15) is 28.8 Å². The van der Waals surface area contributed by atoms with Crippen LogP contribution in [0.4, 0.5) is 5.82 Å². The minimum Gasteiger partial charge on any atom is -0.491 e. The topological polar surface area (TPSA) is 50.3 Å². The van der Waals surface area contributed by atoms with E-state index in [-0.39, 0.29) is 0 Å². The first-order valence-corrected chi connectivity index (χ1v) is 10.1. The van der Waals surface area contributed by atoms with Gasteiger partial charge in [0.15, 0.2) is 0 Å². The van der Waals surface area contributed by atoms with Crippen LogP contribution in [0.5, 0.6) is 5.75 Å². The van der Waals surface area contributed by atoms with E-state index in [1.54, 1.807) is 11.3 Å². The lowest BCUT2D eigenvalue weighted by atomic mass is 10.0. The molecule has 0 aliphatic carbocycles. The molecule has 1 unspecified atom stereocenters. The Kier molecular flexibility index (Phi) is 4.02. The molecule has 5 rings (SSSR count). The van der Waals surface area contributed by atoms with Crippen molar-refractivity contribution < 1.29 is 4.74 Å². The van der Waals surface area contributed by atoms with Crippen LogP contribution in [0.2, 0.25) is 0 Å². The number of thiophene rings is 1. The van der Waals surface area contributed by atoms with Crippen LogP contribution in [0.1, 0.15) is 30.3 Å². The second kappa shape index (κ2) is 6.52. The first-order valence-electron chi connectivity index (χ1n) is 9.22. The fraction of sp³-hybridized carbons (Fsp3) is 0.400. The minimum atomic E-state index is 0.313. The van der Waals surface area contributed by atoms with Crippen molar-refractivity contribution in [2.24, 2.45) is 0 Å². The Morgan fingerprint density at radius 3 is 2.88 bits per heavy atom. The molecule has 1 fully saturated rings. The first kappa shape index (κ1) is 16.0. The number of piperidine rings is 1. The molecule has 0 bridgehead atoms. The zero-order valence-electron chi connectivity index (χ0n) is 14.8. The van der Waals surface area contributed by atoms with Crippen molar-refractivity contribution >= 4 is 27.4 Å². The van der Waals surface area contributed by atoms with Crippen LogP contribution >= 0.6 is 11.3 Å². The number of fused-ring (bicyclic) bond motifs is 2. The van der Waals surface area contributed by atoms with E-state index in [4.69, 9.17) is 9.72 Å².